The van der Waals surface area contributed by atoms with Gasteiger partial charge in [0.2, 0.25) is 5.91 Å². The molecule has 0 saturated carbocycles. The van der Waals surface area contributed by atoms with Crippen LogP contribution in [0, 0.1) is 11.2 Å². The van der Waals surface area contributed by atoms with Crippen LogP contribution in [-0.4, -0.2) is 19.5 Å². The maximum absolute atomic E-state index is 13.5. The molecule has 0 aromatic heterocycles. The second-order valence-electron chi connectivity index (χ2n) is 5.35. The summed E-state index contributed by atoms with van der Waals surface area (Å²) < 4.78 is 13.5. The third-order valence-electron chi connectivity index (χ3n) is 3.20. The fourth-order valence-electron chi connectivity index (χ4n) is 1.81. The molecule has 0 radical (unpaired) electrons. The lowest BCUT2D eigenvalue weighted by Gasteiger charge is -2.26. The summed E-state index contributed by atoms with van der Waals surface area (Å²) in [7, 11) is 1.60. The molecule has 0 aliphatic heterocycles. The molecule has 2 N–H and O–H groups in total. The van der Waals surface area contributed by atoms with E-state index >= 15 is 0 Å². The summed E-state index contributed by atoms with van der Waals surface area (Å²) in [5, 5.41) is 6.20. The zero-order valence-corrected chi connectivity index (χ0v) is 13.5. The van der Waals surface area contributed by atoms with E-state index in [0.29, 0.717) is 17.1 Å². The van der Waals surface area contributed by atoms with E-state index in [1.807, 2.05) is 20.8 Å². The molecule has 1 amide bonds. The van der Waals surface area contributed by atoms with Gasteiger partial charge in [-0.1, -0.05) is 23.2 Å². The van der Waals surface area contributed by atoms with Crippen molar-refractivity contribution in [1.29, 1.82) is 0 Å². The van der Waals surface area contributed by atoms with Crippen LogP contribution < -0.4 is 10.6 Å². The van der Waals surface area contributed by atoms with Crippen LogP contribution in [0.25, 0.3) is 0 Å². The number of benzene rings is 1. The molecule has 0 heterocycles. The highest BCUT2D eigenvalue weighted by molar-refractivity contribution is 6.35. The van der Waals surface area contributed by atoms with E-state index in [2.05, 4.69) is 10.6 Å². The summed E-state index contributed by atoms with van der Waals surface area (Å²) in [5.74, 6) is -0.573. The molecule has 112 valence electrons. The smallest absolute Gasteiger partial charge is 0.226 e. The first-order valence-corrected chi connectivity index (χ1v) is 7.04. The Labute approximate surface area is 128 Å². The average molecular weight is 321 g/mol. The van der Waals surface area contributed by atoms with E-state index in [9.17, 15) is 9.18 Å². The highest BCUT2D eigenvalue weighted by Gasteiger charge is 2.27. The molecule has 0 saturated heterocycles. The van der Waals surface area contributed by atoms with Crippen molar-refractivity contribution >= 4 is 29.1 Å². The number of amides is 1. The number of nitrogens with one attached hydrogen (secondary N) is 2. The Hall–Kier alpha value is -0.840. The molecule has 0 aliphatic rings. The summed E-state index contributed by atoms with van der Waals surface area (Å²) in [6.45, 7) is 5.95. The van der Waals surface area contributed by atoms with Crippen molar-refractivity contribution in [2.24, 2.45) is 5.41 Å². The molecule has 1 aromatic rings. The Morgan fingerprint density at radius 3 is 2.50 bits per heavy atom. The molecular weight excluding hydrogens is 302 g/mol. The molecule has 0 bridgehead atoms. The van der Waals surface area contributed by atoms with Gasteiger partial charge < -0.3 is 10.6 Å². The number of hydrogen-bond donors (Lipinski definition) is 2. The van der Waals surface area contributed by atoms with Crippen LogP contribution in [0.5, 0.6) is 0 Å². The third kappa shape index (κ3) is 4.08. The van der Waals surface area contributed by atoms with E-state index in [1.54, 1.807) is 7.05 Å². The van der Waals surface area contributed by atoms with Gasteiger partial charge in [0.05, 0.1) is 10.4 Å². The monoisotopic (exact) mass is 320 g/mol. The lowest BCUT2D eigenvalue weighted by atomic mass is 9.91. The van der Waals surface area contributed by atoms with Crippen molar-refractivity contribution in [3.05, 3.63) is 33.6 Å². The summed E-state index contributed by atoms with van der Waals surface area (Å²) in [5.41, 5.74) is 0.0433. The molecule has 0 fully saturated rings. The van der Waals surface area contributed by atoms with Crippen molar-refractivity contribution in [2.45, 2.75) is 26.8 Å². The Bertz CT molecular complexity index is 506. The van der Waals surface area contributed by atoms with Crippen molar-refractivity contribution in [3.63, 3.8) is 0 Å². The second-order valence-corrected chi connectivity index (χ2v) is 6.17. The van der Waals surface area contributed by atoms with E-state index in [4.69, 9.17) is 23.2 Å². The topological polar surface area (TPSA) is 41.1 Å². The van der Waals surface area contributed by atoms with E-state index < -0.39 is 11.2 Å². The van der Waals surface area contributed by atoms with E-state index in [-0.39, 0.29) is 17.0 Å². The summed E-state index contributed by atoms with van der Waals surface area (Å²) >= 11 is 11.7. The van der Waals surface area contributed by atoms with Gasteiger partial charge in [0.25, 0.3) is 0 Å². The largest absolute Gasteiger partial charge is 0.359 e. The van der Waals surface area contributed by atoms with Gasteiger partial charge in [0, 0.05) is 24.7 Å². The molecule has 20 heavy (non-hydrogen) atoms. The SMILES string of the molecule is CNC(=O)C(C)(C)CNC(C)c1cc(F)c(Cl)cc1Cl. The van der Waals surface area contributed by atoms with Crippen LogP contribution in [0.2, 0.25) is 10.0 Å². The van der Waals surface area contributed by atoms with Crippen LogP contribution in [0.1, 0.15) is 32.4 Å². The van der Waals surface area contributed by atoms with Crippen LogP contribution in [0.4, 0.5) is 4.39 Å². The van der Waals surface area contributed by atoms with Gasteiger partial charge in [0.15, 0.2) is 0 Å². The van der Waals surface area contributed by atoms with Gasteiger partial charge in [-0.25, -0.2) is 4.39 Å². The minimum absolute atomic E-state index is 0.00311. The maximum atomic E-state index is 13.5. The highest BCUT2D eigenvalue weighted by Crippen LogP contribution is 2.29. The predicted octanol–water partition coefficient (Wildman–Crippen LogP) is 3.56. The number of carbonyl (C=O) groups excluding carboxylic acids is 1. The van der Waals surface area contributed by atoms with Crippen LogP contribution in [0.15, 0.2) is 12.1 Å². The number of carbonyl (C=O) groups is 1. The molecule has 0 aliphatic carbocycles. The van der Waals surface area contributed by atoms with Gasteiger partial charge in [-0.05, 0) is 38.5 Å². The molecule has 0 spiro atoms. The molecular formula is C14H19Cl2FN2O. The van der Waals surface area contributed by atoms with Gasteiger partial charge in [-0.15, -0.1) is 0 Å². The van der Waals surface area contributed by atoms with E-state index in [0.717, 1.165) is 0 Å². The third-order valence-corrected chi connectivity index (χ3v) is 3.82. The number of hydrogen-bond acceptors (Lipinski definition) is 2. The zero-order chi connectivity index (χ0) is 15.5. The van der Waals surface area contributed by atoms with Gasteiger partial charge in [-0.3, -0.25) is 4.79 Å². The number of rotatable bonds is 5. The molecule has 1 atom stereocenters. The number of halogens is 3. The molecule has 1 unspecified atom stereocenters. The van der Waals surface area contributed by atoms with Crippen LogP contribution in [0.3, 0.4) is 0 Å². The Balaban J connectivity index is 2.80. The van der Waals surface area contributed by atoms with Crippen molar-refractivity contribution in [1.82, 2.24) is 10.6 Å². The molecule has 3 nitrogen and oxygen atoms in total. The van der Waals surface area contributed by atoms with Crippen molar-refractivity contribution in [2.75, 3.05) is 13.6 Å². The lowest BCUT2D eigenvalue weighted by Crippen LogP contribution is -2.42. The lowest BCUT2D eigenvalue weighted by molar-refractivity contribution is -0.128. The standard InChI is InChI=1S/C14H19Cl2FN2O/c1-8(19-7-14(2,3)13(20)18-4)9-5-12(17)11(16)6-10(9)15/h5-6,8,19H,7H2,1-4H3,(H,18,20). The molecule has 6 heteroatoms. The van der Waals surface area contributed by atoms with Crippen LogP contribution in [-0.2, 0) is 4.79 Å². The quantitative estimate of drug-likeness (QED) is 0.814. The normalized spacial score (nSPS) is 13.2. The zero-order valence-electron chi connectivity index (χ0n) is 12.0. The summed E-state index contributed by atoms with van der Waals surface area (Å²) in [6, 6.07) is 2.50. The Morgan fingerprint density at radius 1 is 1.35 bits per heavy atom. The first-order chi connectivity index (χ1) is 9.19. The fraction of sp³-hybridized carbons (Fsp3) is 0.500. The van der Waals surface area contributed by atoms with Gasteiger partial charge in [0.1, 0.15) is 5.82 Å². The fourth-order valence-corrected chi connectivity index (χ4v) is 2.35. The van der Waals surface area contributed by atoms with Crippen molar-refractivity contribution < 1.29 is 9.18 Å². The maximum Gasteiger partial charge on any atom is 0.226 e. The first-order valence-electron chi connectivity index (χ1n) is 6.29. The summed E-state index contributed by atoms with van der Waals surface area (Å²) in [6.07, 6.45) is 0. The minimum atomic E-state index is -0.569. The second kappa shape index (κ2) is 6.74. The van der Waals surface area contributed by atoms with Gasteiger partial charge in [-0.2, -0.15) is 0 Å². The summed E-state index contributed by atoms with van der Waals surface area (Å²) in [4.78, 5) is 11.7. The average Bonchev–Trinajstić information content (AvgIpc) is 2.39. The highest BCUT2D eigenvalue weighted by atomic mass is 35.5. The Morgan fingerprint density at radius 2 is 1.95 bits per heavy atom. The van der Waals surface area contributed by atoms with Crippen molar-refractivity contribution in [3.8, 4) is 0 Å². The van der Waals surface area contributed by atoms with E-state index in [1.165, 1.54) is 12.1 Å². The first kappa shape index (κ1) is 17.2. The Kier molecular flexibility index (Phi) is 5.80. The molecule has 1 rings (SSSR count). The van der Waals surface area contributed by atoms with Gasteiger partial charge >= 0.3 is 0 Å². The molecule has 1 aromatic carbocycles. The minimum Gasteiger partial charge on any atom is -0.359 e. The predicted molar refractivity (Wildman–Crippen MR) is 80.7 cm³/mol. The van der Waals surface area contributed by atoms with Crippen LogP contribution >= 0.6 is 23.2 Å².